The third kappa shape index (κ3) is 2.39. The molecule has 0 aromatic heterocycles. The number of fused-ring (bicyclic) bond motifs is 3. The molecular formula is C16H21NO2. The van der Waals surface area contributed by atoms with E-state index in [0.717, 1.165) is 32.5 Å². The molecule has 1 saturated heterocycles. The Morgan fingerprint density at radius 2 is 2.26 bits per heavy atom. The first-order chi connectivity index (χ1) is 9.29. The third-order valence-electron chi connectivity index (χ3n) is 4.27. The number of benzene rings is 1. The summed E-state index contributed by atoms with van der Waals surface area (Å²) in [7, 11) is 0. The molecule has 0 bridgehead atoms. The highest BCUT2D eigenvalue weighted by Gasteiger charge is 2.36. The normalized spacial score (nSPS) is 25.6. The Kier molecular flexibility index (Phi) is 3.56. The minimum atomic E-state index is 0.292. The maximum Gasteiger partial charge on any atom is 0.222 e. The van der Waals surface area contributed by atoms with Crippen LogP contribution in [0.15, 0.2) is 24.3 Å². The number of ether oxygens (including phenoxy) is 1. The summed E-state index contributed by atoms with van der Waals surface area (Å²) in [6.07, 6.45) is 2.85. The Bertz CT molecular complexity index is 472. The molecule has 3 heteroatoms. The number of likely N-dealkylation sites (tertiary alicyclic amines) is 1. The van der Waals surface area contributed by atoms with Gasteiger partial charge in [-0.05, 0) is 24.0 Å². The van der Waals surface area contributed by atoms with Crippen LogP contribution in [0.25, 0.3) is 0 Å². The van der Waals surface area contributed by atoms with Crippen LogP contribution in [0.3, 0.4) is 0 Å². The molecule has 2 aliphatic heterocycles. The van der Waals surface area contributed by atoms with E-state index < -0.39 is 0 Å². The molecule has 0 saturated carbocycles. The van der Waals surface area contributed by atoms with E-state index in [2.05, 4.69) is 31.2 Å². The third-order valence-corrected chi connectivity index (χ3v) is 4.27. The van der Waals surface area contributed by atoms with E-state index in [1.807, 2.05) is 4.90 Å². The van der Waals surface area contributed by atoms with Gasteiger partial charge < -0.3 is 9.64 Å². The van der Waals surface area contributed by atoms with Gasteiger partial charge in [-0.25, -0.2) is 0 Å². The van der Waals surface area contributed by atoms with Crippen molar-refractivity contribution in [3.63, 3.8) is 0 Å². The van der Waals surface area contributed by atoms with E-state index in [9.17, 15) is 4.79 Å². The molecule has 3 nitrogen and oxygen atoms in total. The topological polar surface area (TPSA) is 29.5 Å². The monoisotopic (exact) mass is 259 g/mol. The van der Waals surface area contributed by atoms with E-state index in [1.165, 1.54) is 11.1 Å². The smallest absolute Gasteiger partial charge is 0.222 e. The van der Waals surface area contributed by atoms with Crippen LogP contribution >= 0.6 is 0 Å². The molecule has 1 aromatic carbocycles. The van der Waals surface area contributed by atoms with Gasteiger partial charge in [0.25, 0.3) is 0 Å². The van der Waals surface area contributed by atoms with Gasteiger partial charge in [0.1, 0.15) is 0 Å². The first kappa shape index (κ1) is 12.7. The van der Waals surface area contributed by atoms with E-state index in [-0.39, 0.29) is 0 Å². The molecular weight excluding hydrogens is 238 g/mol. The molecule has 0 aliphatic carbocycles. The number of piperidine rings is 1. The van der Waals surface area contributed by atoms with Crippen molar-refractivity contribution in [3.05, 3.63) is 35.4 Å². The lowest BCUT2D eigenvalue weighted by Gasteiger charge is -2.42. The van der Waals surface area contributed by atoms with E-state index in [0.29, 0.717) is 24.3 Å². The van der Waals surface area contributed by atoms with Crippen LogP contribution in [0.2, 0.25) is 0 Å². The zero-order valence-electron chi connectivity index (χ0n) is 11.5. The van der Waals surface area contributed by atoms with E-state index in [1.54, 1.807) is 0 Å². The average molecular weight is 259 g/mol. The highest BCUT2D eigenvalue weighted by atomic mass is 16.5. The second-order valence-electron chi connectivity index (χ2n) is 5.53. The summed E-state index contributed by atoms with van der Waals surface area (Å²) < 4.78 is 5.96. The standard InChI is InChI=1S/C16H21NO2/c1-2-5-16(18)17-9-8-15-14(10-17)13-7-4-3-6-12(13)11-19-15/h3-4,6-7,14-15H,2,5,8-11H2,1H3/t14-,15+/m1/s1. The maximum atomic E-state index is 12.1. The Morgan fingerprint density at radius 1 is 1.42 bits per heavy atom. The molecule has 0 radical (unpaired) electrons. The highest BCUT2D eigenvalue weighted by Crippen LogP contribution is 2.36. The molecule has 19 heavy (non-hydrogen) atoms. The van der Waals surface area contributed by atoms with Gasteiger partial charge in [0, 0.05) is 25.4 Å². The van der Waals surface area contributed by atoms with Crippen LogP contribution in [0.1, 0.15) is 43.2 Å². The number of carbonyl (C=O) groups excluding carboxylic acids is 1. The van der Waals surface area contributed by atoms with Gasteiger partial charge in [-0.15, -0.1) is 0 Å². The summed E-state index contributed by atoms with van der Waals surface area (Å²) in [5.74, 6) is 0.656. The number of amides is 1. The SMILES string of the molecule is CCCC(=O)N1CC[C@@H]2OCc3ccccc3[C@H]2C1. The molecule has 2 aliphatic rings. The summed E-state index contributed by atoms with van der Waals surface area (Å²) in [5.41, 5.74) is 2.67. The summed E-state index contributed by atoms with van der Waals surface area (Å²) in [6.45, 7) is 4.45. The minimum Gasteiger partial charge on any atom is -0.373 e. The fraction of sp³-hybridized carbons (Fsp3) is 0.562. The van der Waals surface area contributed by atoms with Crippen molar-refractivity contribution < 1.29 is 9.53 Å². The Morgan fingerprint density at radius 3 is 3.11 bits per heavy atom. The highest BCUT2D eigenvalue weighted by molar-refractivity contribution is 5.76. The molecule has 2 atom stereocenters. The van der Waals surface area contributed by atoms with Crippen LogP contribution < -0.4 is 0 Å². The van der Waals surface area contributed by atoms with Crippen molar-refractivity contribution >= 4 is 5.91 Å². The molecule has 3 rings (SSSR count). The minimum absolute atomic E-state index is 0.292. The number of nitrogens with zero attached hydrogens (tertiary/aromatic N) is 1. The number of hydrogen-bond donors (Lipinski definition) is 0. The molecule has 0 N–H and O–H groups in total. The lowest BCUT2D eigenvalue weighted by molar-refractivity contribution is -0.135. The fourth-order valence-corrected chi connectivity index (χ4v) is 3.25. The Balaban J connectivity index is 1.80. The lowest BCUT2D eigenvalue weighted by atomic mass is 9.83. The van der Waals surface area contributed by atoms with Gasteiger partial charge in [0.15, 0.2) is 0 Å². The summed E-state index contributed by atoms with van der Waals surface area (Å²) >= 11 is 0. The first-order valence-electron chi connectivity index (χ1n) is 7.26. The average Bonchev–Trinajstić information content (AvgIpc) is 2.47. The molecule has 1 amide bonds. The molecule has 102 valence electrons. The van der Waals surface area contributed by atoms with Crippen molar-refractivity contribution in [2.45, 2.75) is 44.8 Å². The lowest BCUT2D eigenvalue weighted by Crippen LogP contribution is -2.47. The zero-order chi connectivity index (χ0) is 13.2. The zero-order valence-corrected chi connectivity index (χ0v) is 11.5. The Labute approximate surface area is 114 Å². The molecule has 0 unspecified atom stereocenters. The van der Waals surface area contributed by atoms with Crippen LogP contribution in [0.5, 0.6) is 0 Å². The number of rotatable bonds is 2. The molecule has 1 fully saturated rings. The van der Waals surface area contributed by atoms with E-state index in [4.69, 9.17) is 4.74 Å². The van der Waals surface area contributed by atoms with Gasteiger partial charge >= 0.3 is 0 Å². The van der Waals surface area contributed by atoms with Crippen molar-refractivity contribution in [1.82, 2.24) is 4.90 Å². The molecule has 0 spiro atoms. The molecule has 2 heterocycles. The van der Waals surface area contributed by atoms with Gasteiger partial charge in [-0.3, -0.25) is 4.79 Å². The van der Waals surface area contributed by atoms with Crippen LogP contribution in [-0.2, 0) is 16.1 Å². The van der Waals surface area contributed by atoms with Crippen molar-refractivity contribution in [2.75, 3.05) is 13.1 Å². The van der Waals surface area contributed by atoms with Crippen LogP contribution in [0, 0.1) is 0 Å². The largest absolute Gasteiger partial charge is 0.373 e. The van der Waals surface area contributed by atoms with Gasteiger partial charge in [-0.2, -0.15) is 0 Å². The second kappa shape index (κ2) is 5.33. The summed E-state index contributed by atoms with van der Waals surface area (Å²) in [5, 5.41) is 0. The fourth-order valence-electron chi connectivity index (χ4n) is 3.25. The van der Waals surface area contributed by atoms with Crippen molar-refractivity contribution in [2.24, 2.45) is 0 Å². The first-order valence-corrected chi connectivity index (χ1v) is 7.26. The predicted molar refractivity (Wildman–Crippen MR) is 73.9 cm³/mol. The van der Waals surface area contributed by atoms with Crippen molar-refractivity contribution in [1.29, 1.82) is 0 Å². The van der Waals surface area contributed by atoms with Crippen molar-refractivity contribution in [3.8, 4) is 0 Å². The van der Waals surface area contributed by atoms with Crippen LogP contribution in [-0.4, -0.2) is 30.0 Å². The summed E-state index contributed by atoms with van der Waals surface area (Å²) in [6, 6.07) is 8.49. The number of hydrogen-bond acceptors (Lipinski definition) is 2. The van der Waals surface area contributed by atoms with Crippen LogP contribution in [0.4, 0.5) is 0 Å². The number of carbonyl (C=O) groups is 1. The quantitative estimate of drug-likeness (QED) is 0.817. The maximum absolute atomic E-state index is 12.1. The predicted octanol–water partition coefficient (Wildman–Crippen LogP) is 2.70. The second-order valence-corrected chi connectivity index (χ2v) is 5.53. The molecule has 1 aromatic rings. The van der Waals surface area contributed by atoms with E-state index >= 15 is 0 Å². The van der Waals surface area contributed by atoms with Gasteiger partial charge in [-0.1, -0.05) is 31.2 Å². The Hall–Kier alpha value is -1.35. The van der Waals surface area contributed by atoms with Gasteiger partial charge in [0.05, 0.1) is 12.7 Å². The summed E-state index contributed by atoms with van der Waals surface area (Å²) in [4.78, 5) is 14.1. The van der Waals surface area contributed by atoms with Gasteiger partial charge in [0.2, 0.25) is 5.91 Å².